The van der Waals surface area contributed by atoms with Gasteiger partial charge in [-0.05, 0) is 66.1 Å². The van der Waals surface area contributed by atoms with Crippen molar-refractivity contribution >= 4 is 40.4 Å². The molecular weight excluding hydrogens is 550 g/mol. The molecule has 0 saturated carbocycles. The number of anilines is 2. The molecular formula is C32H33N5O4S. The number of benzene rings is 3. The van der Waals surface area contributed by atoms with Crippen molar-refractivity contribution in [2.45, 2.75) is 6.42 Å². The van der Waals surface area contributed by atoms with Gasteiger partial charge in [0.2, 0.25) is 5.13 Å². The van der Waals surface area contributed by atoms with Crippen molar-refractivity contribution in [1.29, 1.82) is 5.41 Å². The van der Waals surface area contributed by atoms with Crippen LogP contribution in [0.25, 0.3) is 16.6 Å². The minimum Gasteiger partial charge on any atom is -0.493 e. The second-order valence-corrected chi connectivity index (χ2v) is 10.2. The average Bonchev–Trinajstić information content (AvgIpc) is 3.47. The molecule has 0 bridgehead atoms. The van der Waals surface area contributed by atoms with Crippen molar-refractivity contribution in [3.63, 3.8) is 0 Å². The van der Waals surface area contributed by atoms with Crippen LogP contribution in [-0.4, -0.2) is 56.7 Å². The Morgan fingerprint density at radius 3 is 2.43 bits per heavy atom. The van der Waals surface area contributed by atoms with Gasteiger partial charge < -0.3 is 24.5 Å². The zero-order valence-electron chi connectivity index (χ0n) is 23.8. The lowest BCUT2D eigenvalue weighted by Crippen LogP contribution is -2.15. The number of allylic oxidation sites excluding steroid dienone is 1. The van der Waals surface area contributed by atoms with E-state index in [1.807, 2.05) is 73.6 Å². The van der Waals surface area contributed by atoms with Crippen molar-refractivity contribution in [1.82, 2.24) is 10.2 Å². The van der Waals surface area contributed by atoms with Gasteiger partial charge in [-0.1, -0.05) is 41.7 Å². The van der Waals surface area contributed by atoms with Crippen LogP contribution in [0, 0.1) is 5.41 Å². The molecule has 42 heavy (non-hydrogen) atoms. The molecule has 2 N–H and O–H groups in total. The number of nitrogens with one attached hydrogen (secondary N) is 2. The van der Waals surface area contributed by atoms with Gasteiger partial charge >= 0.3 is 0 Å². The van der Waals surface area contributed by atoms with Crippen molar-refractivity contribution < 1.29 is 19.0 Å². The molecule has 3 aromatic carbocycles. The molecule has 4 aromatic rings. The Bertz CT molecular complexity index is 1560. The van der Waals surface area contributed by atoms with Gasteiger partial charge in [0.25, 0.3) is 5.91 Å². The van der Waals surface area contributed by atoms with E-state index in [-0.39, 0.29) is 5.57 Å². The molecule has 0 aliphatic heterocycles. The third kappa shape index (κ3) is 7.82. The molecule has 0 saturated heterocycles. The van der Waals surface area contributed by atoms with Crippen LogP contribution in [0.1, 0.15) is 11.1 Å². The van der Waals surface area contributed by atoms with Crippen LogP contribution < -0.4 is 24.4 Å². The first-order chi connectivity index (χ1) is 20.4. The number of carbonyl (C=O) groups excluding carboxylic acids is 1. The molecule has 1 heterocycles. The van der Waals surface area contributed by atoms with Crippen LogP contribution in [-0.2, 0) is 11.2 Å². The Morgan fingerprint density at radius 2 is 1.74 bits per heavy atom. The maximum absolute atomic E-state index is 12.9. The van der Waals surface area contributed by atoms with Crippen LogP contribution in [0.3, 0.4) is 0 Å². The lowest BCUT2D eigenvalue weighted by atomic mass is 10.1. The van der Waals surface area contributed by atoms with Crippen molar-refractivity contribution in [3.05, 3.63) is 96.1 Å². The Labute approximate surface area is 249 Å². The smallest absolute Gasteiger partial charge is 0.259 e. The minimum atomic E-state index is -0.469. The monoisotopic (exact) mass is 583 g/mol. The molecule has 0 aliphatic rings. The summed E-state index contributed by atoms with van der Waals surface area (Å²) < 4.78 is 17.3. The maximum Gasteiger partial charge on any atom is 0.259 e. The second-order valence-electron chi connectivity index (χ2n) is 9.26. The van der Waals surface area contributed by atoms with E-state index in [0.29, 0.717) is 40.4 Å². The summed E-state index contributed by atoms with van der Waals surface area (Å²) in [6, 6.07) is 21.0. The van der Waals surface area contributed by atoms with E-state index in [1.54, 1.807) is 31.4 Å². The Hall–Kier alpha value is -4.96. The average molecular weight is 584 g/mol. The highest BCUT2D eigenvalue weighted by molar-refractivity contribution is 7.18. The summed E-state index contributed by atoms with van der Waals surface area (Å²) in [5, 5.41) is 19.9. The first-order valence-electron chi connectivity index (χ1n) is 13.2. The highest BCUT2D eigenvalue weighted by Gasteiger charge is 2.14. The summed E-state index contributed by atoms with van der Waals surface area (Å²) in [6.45, 7) is 4.45. The topological polar surface area (TPSA) is 110 Å². The number of nitrogens with zero attached hydrogens (tertiary/aromatic N) is 3. The third-order valence-electron chi connectivity index (χ3n) is 6.14. The number of hydrogen-bond acceptors (Lipinski definition) is 9. The normalized spacial score (nSPS) is 11.0. The molecule has 0 fully saturated rings. The van der Waals surface area contributed by atoms with Gasteiger partial charge in [-0.15, -0.1) is 16.8 Å². The summed E-state index contributed by atoms with van der Waals surface area (Å²) in [7, 11) is 5.50. The molecule has 9 nitrogen and oxygen atoms in total. The van der Waals surface area contributed by atoms with E-state index < -0.39 is 5.91 Å². The van der Waals surface area contributed by atoms with Gasteiger partial charge in [-0.25, -0.2) is 0 Å². The molecule has 0 atom stereocenters. The van der Waals surface area contributed by atoms with Crippen molar-refractivity contribution in [3.8, 4) is 27.8 Å². The zero-order valence-corrected chi connectivity index (χ0v) is 24.6. The number of methoxy groups -OCH3 is 1. The predicted octanol–water partition coefficient (Wildman–Crippen LogP) is 6.14. The van der Waals surface area contributed by atoms with Gasteiger partial charge in [0.1, 0.15) is 24.0 Å². The van der Waals surface area contributed by atoms with Gasteiger partial charge in [-0.3, -0.25) is 10.1 Å². The van der Waals surface area contributed by atoms with Gasteiger partial charge in [0, 0.05) is 31.6 Å². The van der Waals surface area contributed by atoms with Crippen LogP contribution >= 0.6 is 11.3 Å². The summed E-state index contributed by atoms with van der Waals surface area (Å²) >= 11 is 1.26. The number of hydrogen-bond donors (Lipinski definition) is 2. The number of carbonyl (C=O) groups is 1. The first kappa shape index (κ1) is 30.0. The van der Waals surface area contributed by atoms with Crippen LogP contribution in [0.4, 0.5) is 10.8 Å². The van der Waals surface area contributed by atoms with Crippen molar-refractivity contribution in [2.24, 2.45) is 0 Å². The number of para-hydroxylation sites is 1. The van der Waals surface area contributed by atoms with Crippen molar-refractivity contribution in [2.75, 3.05) is 44.6 Å². The van der Waals surface area contributed by atoms with Gasteiger partial charge in [0.05, 0.1) is 12.7 Å². The molecule has 0 spiro atoms. The summed E-state index contributed by atoms with van der Waals surface area (Å²) in [6.07, 6.45) is 5.15. The Morgan fingerprint density at radius 1 is 1.00 bits per heavy atom. The molecule has 1 aromatic heterocycles. The maximum atomic E-state index is 12.9. The fraction of sp³-hybridized carbons (Fsp3) is 0.188. The SMILES string of the molecule is C=CCc1ccccc1OCCOc1ccc(/C=C(/C=N)C(=O)Nc2nnc(-c3ccc(N(C)C)cc3)s2)cc1OC. The summed E-state index contributed by atoms with van der Waals surface area (Å²) in [4.78, 5) is 14.9. The summed E-state index contributed by atoms with van der Waals surface area (Å²) in [5.74, 6) is 1.37. The minimum absolute atomic E-state index is 0.143. The molecule has 0 unspecified atom stereocenters. The highest BCUT2D eigenvalue weighted by Crippen LogP contribution is 2.30. The Kier molecular flexibility index (Phi) is 10.4. The number of amides is 1. The molecule has 1 amide bonds. The largest absolute Gasteiger partial charge is 0.493 e. The van der Waals surface area contributed by atoms with E-state index in [2.05, 4.69) is 22.1 Å². The van der Waals surface area contributed by atoms with Crippen LogP contribution in [0.15, 0.2) is 85.0 Å². The van der Waals surface area contributed by atoms with E-state index in [4.69, 9.17) is 19.6 Å². The lowest BCUT2D eigenvalue weighted by Gasteiger charge is -2.13. The Balaban J connectivity index is 1.37. The molecule has 216 valence electrons. The van der Waals surface area contributed by atoms with Gasteiger partial charge in [0.15, 0.2) is 11.5 Å². The second kappa shape index (κ2) is 14.6. The zero-order chi connectivity index (χ0) is 29.9. The number of rotatable bonds is 14. The fourth-order valence-corrected chi connectivity index (χ4v) is 4.72. The van der Waals surface area contributed by atoms with E-state index >= 15 is 0 Å². The van der Waals surface area contributed by atoms with E-state index in [1.165, 1.54) is 11.3 Å². The molecule has 10 heteroatoms. The third-order valence-corrected chi connectivity index (χ3v) is 7.03. The number of aromatic nitrogens is 2. The lowest BCUT2D eigenvalue weighted by molar-refractivity contribution is -0.112. The highest BCUT2D eigenvalue weighted by atomic mass is 32.1. The number of ether oxygens (including phenoxy) is 3. The predicted molar refractivity (Wildman–Crippen MR) is 169 cm³/mol. The van der Waals surface area contributed by atoms with Crippen LogP contribution in [0.5, 0.6) is 17.2 Å². The summed E-state index contributed by atoms with van der Waals surface area (Å²) in [5.41, 5.74) is 3.85. The molecule has 4 rings (SSSR count). The van der Waals surface area contributed by atoms with Gasteiger partial charge in [-0.2, -0.15) is 0 Å². The quantitative estimate of drug-likeness (QED) is 0.0795. The van der Waals surface area contributed by atoms with Crippen LogP contribution in [0.2, 0.25) is 0 Å². The molecule has 0 radical (unpaired) electrons. The fourth-order valence-electron chi connectivity index (χ4n) is 3.98. The van der Waals surface area contributed by atoms with E-state index in [0.717, 1.165) is 35.2 Å². The molecule has 0 aliphatic carbocycles. The first-order valence-corrected chi connectivity index (χ1v) is 14.0. The standard InChI is InChI=1S/C32H33N5O4S/c1-5-8-23-9-6-7-10-27(23)40-17-18-41-28-16-11-22(20-29(28)39-4)19-25(21-33)30(38)34-32-36-35-31(42-32)24-12-14-26(15-13-24)37(2)3/h5-7,9-16,19-21,33H,1,8,17-18H2,2-4H3,(H,34,36,38)/b25-19-,33-21?. The van der Waals surface area contributed by atoms with E-state index in [9.17, 15) is 4.79 Å².